The zero-order valence-corrected chi connectivity index (χ0v) is 15.3. The molecule has 1 aromatic carbocycles. The van der Waals surface area contributed by atoms with Gasteiger partial charge in [-0.15, -0.1) is 0 Å². The van der Waals surface area contributed by atoms with Gasteiger partial charge in [-0.3, -0.25) is 9.59 Å². The lowest BCUT2D eigenvalue weighted by Gasteiger charge is -2.32. The number of nitrogens with zero attached hydrogens (tertiary/aromatic N) is 4. The lowest BCUT2D eigenvalue weighted by Crippen LogP contribution is -2.46. The molecule has 0 unspecified atom stereocenters. The van der Waals surface area contributed by atoms with Gasteiger partial charge in [0, 0.05) is 37.6 Å². The van der Waals surface area contributed by atoms with Crippen LogP contribution in [0.15, 0.2) is 24.3 Å². The van der Waals surface area contributed by atoms with Gasteiger partial charge in [0.2, 0.25) is 12.4 Å². The number of carbonyl (C=O) groups excluding carboxylic acids is 2. The van der Waals surface area contributed by atoms with Crippen molar-refractivity contribution in [3.63, 3.8) is 0 Å². The van der Waals surface area contributed by atoms with Crippen LogP contribution in [0.1, 0.15) is 27.3 Å². The molecule has 136 valence electrons. The predicted octanol–water partition coefficient (Wildman–Crippen LogP) is 1.93. The molecule has 2 aromatic rings. The summed E-state index contributed by atoms with van der Waals surface area (Å²) in [4.78, 5) is 36.2. The summed E-state index contributed by atoms with van der Waals surface area (Å²) in [5.74, 6) is 0.277. The number of aromatic nitrogens is 2. The van der Waals surface area contributed by atoms with Crippen LogP contribution in [0, 0.1) is 20.8 Å². The Labute approximate surface area is 153 Å². The number of hydrogen-bond acceptors (Lipinski definition) is 5. The summed E-state index contributed by atoms with van der Waals surface area (Å²) in [5, 5.41) is 2.94. The second kappa shape index (κ2) is 7.51. The molecule has 2 amide bonds. The standard InChI is InChI=1S/C19H23N5O2/c1-13-5-4-6-16(15(13)3)21-18(26)17-11-14(2)20-19(22-17)24-9-7-23(12-25)8-10-24/h4-6,11-12H,7-10H2,1-3H3,(H,21,26). The number of anilines is 2. The number of aryl methyl sites for hydroxylation is 2. The van der Waals surface area contributed by atoms with Gasteiger partial charge < -0.3 is 15.1 Å². The molecule has 1 aliphatic heterocycles. The second-order valence-electron chi connectivity index (χ2n) is 6.52. The molecule has 1 aliphatic rings. The van der Waals surface area contributed by atoms with Crippen LogP contribution in [-0.4, -0.2) is 53.4 Å². The van der Waals surface area contributed by atoms with Gasteiger partial charge in [-0.1, -0.05) is 12.1 Å². The first kappa shape index (κ1) is 17.8. The van der Waals surface area contributed by atoms with Crippen LogP contribution in [0.5, 0.6) is 0 Å². The maximum Gasteiger partial charge on any atom is 0.274 e. The number of carbonyl (C=O) groups is 2. The Morgan fingerprint density at radius 3 is 2.54 bits per heavy atom. The molecule has 0 radical (unpaired) electrons. The van der Waals surface area contributed by atoms with Crippen molar-refractivity contribution in [2.75, 3.05) is 36.4 Å². The van der Waals surface area contributed by atoms with E-state index in [1.54, 1.807) is 11.0 Å². The van der Waals surface area contributed by atoms with E-state index < -0.39 is 0 Å². The SMILES string of the molecule is Cc1cc(C(=O)Nc2cccc(C)c2C)nc(N2CCN(C=O)CC2)n1. The molecular formula is C19H23N5O2. The summed E-state index contributed by atoms with van der Waals surface area (Å²) in [6, 6.07) is 7.50. The highest BCUT2D eigenvalue weighted by atomic mass is 16.2. The number of nitrogens with one attached hydrogen (secondary N) is 1. The molecule has 1 N–H and O–H groups in total. The minimum Gasteiger partial charge on any atom is -0.342 e. The third-order valence-electron chi connectivity index (χ3n) is 4.67. The fraction of sp³-hybridized carbons (Fsp3) is 0.368. The summed E-state index contributed by atoms with van der Waals surface area (Å²) in [5.41, 5.74) is 4.02. The quantitative estimate of drug-likeness (QED) is 0.850. The van der Waals surface area contributed by atoms with Crippen LogP contribution in [0.3, 0.4) is 0 Å². The Morgan fingerprint density at radius 2 is 1.85 bits per heavy atom. The number of amides is 2. The monoisotopic (exact) mass is 353 g/mol. The Morgan fingerprint density at radius 1 is 1.12 bits per heavy atom. The van der Waals surface area contributed by atoms with Gasteiger partial charge in [0.1, 0.15) is 5.69 Å². The van der Waals surface area contributed by atoms with E-state index in [4.69, 9.17) is 0 Å². The topological polar surface area (TPSA) is 78.4 Å². The Hall–Kier alpha value is -2.96. The van der Waals surface area contributed by atoms with Gasteiger partial charge in [-0.2, -0.15) is 0 Å². The van der Waals surface area contributed by atoms with E-state index in [1.807, 2.05) is 43.9 Å². The second-order valence-corrected chi connectivity index (χ2v) is 6.52. The predicted molar refractivity (Wildman–Crippen MR) is 100 cm³/mol. The molecule has 1 aromatic heterocycles. The minimum absolute atomic E-state index is 0.253. The molecule has 7 heteroatoms. The van der Waals surface area contributed by atoms with Crippen molar-refractivity contribution in [1.82, 2.24) is 14.9 Å². The summed E-state index contributed by atoms with van der Waals surface area (Å²) < 4.78 is 0. The van der Waals surface area contributed by atoms with Gasteiger partial charge in [-0.25, -0.2) is 9.97 Å². The number of rotatable bonds is 4. The number of benzene rings is 1. The molecule has 0 atom stereocenters. The van der Waals surface area contributed by atoms with Crippen LogP contribution in [-0.2, 0) is 4.79 Å². The molecule has 2 heterocycles. The number of hydrogen-bond donors (Lipinski definition) is 1. The fourth-order valence-corrected chi connectivity index (χ4v) is 2.91. The zero-order valence-electron chi connectivity index (χ0n) is 15.3. The average molecular weight is 353 g/mol. The third kappa shape index (κ3) is 3.82. The maximum absolute atomic E-state index is 12.7. The third-order valence-corrected chi connectivity index (χ3v) is 4.67. The van der Waals surface area contributed by atoms with Crippen molar-refractivity contribution in [2.24, 2.45) is 0 Å². The van der Waals surface area contributed by atoms with Crippen LogP contribution in [0.25, 0.3) is 0 Å². The summed E-state index contributed by atoms with van der Waals surface area (Å²) in [7, 11) is 0. The first-order valence-corrected chi connectivity index (χ1v) is 8.65. The Balaban J connectivity index is 1.80. The minimum atomic E-state index is -0.253. The van der Waals surface area contributed by atoms with E-state index in [2.05, 4.69) is 15.3 Å². The largest absolute Gasteiger partial charge is 0.342 e. The van der Waals surface area contributed by atoms with E-state index >= 15 is 0 Å². The van der Waals surface area contributed by atoms with Crippen LogP contribution in [0.4, 0.5) is 11.6 Å². The fourth-order valence-electron chi connectivity index (χ4n) is 2.91. The Bertz CT molecular complexity index is 829. The van der Waals surface area contributed by atoms with Crippen LogP contribution >= 0.6 is 0 Å². The smallest absolute Gasteiger partial charge is 0.274 e. The van der Waals surface area contributed by atoms with Crippen molar-refractivity contribution in [3.8, 4) is 0 Å². The molecular weight excluding hydrogens is 330 g/mol. The molecule has 0 spiro atoms. The number of piperazine rings is 1. The van der Waals surface area contributed by atoms with Crippen molar-refractivity contribution >= 4 is 24.0 Å². The van der Waals surface area contributed by atoms with Crippen molar-refractivity contribution < 1.29 is 9.59 Å². The van der Waals surface area contributed by atoms with E-state index in [0.717, 1.165) is 28.9 Å². The van der Waals surface area contributed by atoms with Crippen LogP contribution < -0.4 is 10.2 Å². The van der Waals surface area contributed by atoms with E-state index in [0.29, 0.717) is 37.8 Å². The lowest BCUT2D eigenvalue weighted by molar-refractivity contribution is -0.118. The normalized spacial score (nSPS) is 14.3. The molecule has 26 heavy (non-hydrogen) atoms. The molecule has 0 aliphatic carbocycles. The highest BCUT2D eigenvalue weighted by Crippen LogP contribution is 2.19. The first-order chi connectivity index (χ1) is 12.5. The highest BCUT2D eigenvalue weighted by Gasteiger charge is 2.20. The van der Waals surface area contributed by atoms with Gasteiger partial charge in [0.25, 0.3) is 5.91 Å². The molecule has 1 fully saturated rings. The molecule has 1 saturated heterocycles. The van der Waals surface area contributed by atoms with Crippen molar-refractivity contribution in [2.45, 2.75) is 20.8 Å². The van der Waals surface area contributed by atoms with Gasteiger partial charge in [0.05, 0.1) is 0 Å². The Kier molecular flexibility index (Phi) is 5.16. The van der Waals surface area contributed by atoms with E-state index in [1.165, 1.54) is 0 Å². The summed E-state index contributed by atoms with van der Waals surface area (Å²) in [6.07, 6.45) is 0.859. The molecule has 7 nitrogen and oxygen atoms in total. The maximum atomic E-state index is 12.7. The van der Waals surface area contributed by atoms with Crippen LogP contribution in [0.2, 0.25) is 0 Å². The van der Waals surface area contributed by atoms with Crippen molar-refractivity contribution in [1.29, 1.82) is 0 Å². The summed E-state index contributed by atoms with van der Waals surface area (Å²) >= 11 is 0. The van der Waals surface area contributed by atoms with Gasteiger partial charge >= 0.3 is 0 Å². The first-order valence-electron chi connectivity index (χ1n) is 8.65. The van der Waals surface area contributed by atoms with Crippen molar-refractivity contribution in [3.05, 3.63) is 46.8 Å². The molecule has 0 saturated carbocycles. The lowest BCUT2D eigenvalue weighted by atomic mass is 10.1. The van der Waals surface area contributed by atoms with Gasteiger partial charge in [-0.05, 0) is 44.0 Å². The average Bonchev–Trinajstić information content (AvgIpc) is 2.65. The highest BCUT2D eigenvalue weighted by molar-refractivity contribution is 6.03. The van der Waals surface area contributed by atoms with E-state index in [9.17, 15) is 9.59 Å². The van der Waals surface area contributed by atoms with Gasteiger partial charge in [0.15, 0.2) is 0 Å². The molecule has 3 rings (SSSR count). The summed E-state index contributed by atoms with van der Waals surface area (Å²) in [6.45, 7) is 8.41. The molecule has 0 bridgehead atoms. The zero-order chi connectivity index (χ0) is 18.7. The van der Waals surface area contributed by atoms with E-state index in [-0.39, 0.29) is 5.91 Å².